The largest absolute Gasteiger partial charge is 0.341 e. The summed E-state index contributed by atoms with van der Waals surface area (Å²) in [7, 11) is 1.94. The summed E-state index contributed by atoms with van der Waals surface area (Å²) in [4.78, 5) is 18.3. The highest BCUT2D eigenvalue weighted by Crippen LogP contribution is 2.25. The van der Waals surface area contributed by atoms with Crippen molar-refractivity contribution in [2.75, 3.05) is 0 Å². The fourth-order valence-electron chi connectivity index (χ4n) is 2.61. The van der Waals surface area contributed by atoms with Crippen LogP contribution >= 0.6 is 11.8 Å². The van der Waals surface area contributed by atoms with Crippen molar-refractivity contribution >= 4 is 17.7 Å². The van der Waals surface area contributed by atoms with Gasteiger partial charge in [-0.05, 0) is 24.6 Å². The van der Waals surface area contributed by atoms with Gasteiger partial charge in [0, 0.05) is 24.3 Å². The number of nitrogens with zero attached hydrogens (tertiary/aromatic N) is 2. The molecule has 0 fully saturated rings. The van der Waals surface area contributed by atoms with Crippen molar-refractivity contribution in [1.29, 1.82) is 0 Å². The van der Waals surface area contributed by atoms with E-state index in [1.54, 1.807) is 18.0 Å². The maximum absolute atomic E-state index is 12.8. The number of hydrogen-bond acceptors (Lipinski definition) is 3. The van der Waals surface area contributed by atoms with E-state index in [-0.39, 0.29) is 17.2 Å². The SMILES string of the molecule is C[C@H](Sc1ccccc1)C(=O)N[C@H](c1ccccc1)c1nccn1C. The number of amides is 1. The van der Waals surface area contributed by atoms with Crippen LogP contribution in [0, 0.1) is 0 Å². The Morgan fingerprint density at radius 1 is 1.08 bits per heavy atom. The number of aromatic nitrogens is 2. The number of benzene rings is 2. The van der Waals surface area contributed by atoms with Crippen LogP contribution in [0.1, 0.15) is 24.4 Å². The minimum atomic E-state index is -0.271. The summed E-state index contributed by atoms with van der Waals surface area (Å²) in [5.41, 5.74) is 1.02. The van der Waals surface area contributed by atoms with Gasteiger partial charge in [0.1, 0.15) is 11.9 Å². The molecule has 1 aromatic heterocycles. The van der Waals surface area contributed by atoms with Crippen LogP contribution in [0.4, 0.5) is 0 Å². The maximum Gasteiger partial charge on any atom is 0.234 e. The van der Waals surface area contributed by atoms with E-state index in [0.29, 0.717) is 0 Å². The lowest BCUT2D eigenvalue weighted by atomic mass is 10.1. The minimum absolute atomic E-state index is 0.00861. The second-order valence-electron chi connectivity index (χ2n) is 5.82. The molecule has 3 aromatic rings. The van der Waals surface area contributed by atoms with Gasteiger partial charge in [0.25, 0.3) is 0 Å². The molecule has 0 radical (unpaired) electrons. The van der Waals surface area contributed by atoms with Gasteiger partial charge >= 0.3 is 0 Å². The van der Waals surface area contributed by atoms with Gasteiger partial charge in [-0.1, -0.05) is 48.5 Å². The number of imidazole rings is 1. The molecule has 0 aliphatic rings. The highest BCUT2D eigenvalue weighted by atomic mass is 32.2. The molecular formula is C20H21N3OS. The Morgan fingerprint density at radius 2 is 1.72 bits per heavy atom. The second kappa shape index (κ2) is 8.03. The molecule has 25 heavy (non-hydrogen) atoms. The first-order valence-electron chi connectivity index (χ1n) is 8.19. The molecule has 5 heteroatoms. The van der Waals surface area contributed by atoms with E-state index in [4.69, 9.17) is 0 Å². The Hall–Kier alpha value is -2.53. The first kappa shape index (κ1) is 17.3. The highest BCUT2D eigenvalue weighted by molar-refractivity contribution is 8.00. The molecule has 0 unspecified atom stereocenters. The van der Waals surface area contributed by atoms with Crippen molar-refractivity contribution in [3.8, 4) is 0 Å². The average Bonchev–Trinajstić information content (AvgIpc) is 3.06. The minimum Gasteiger partial charge on any atom is -0.341 e. The number of rotatable bonds is 6. The molecule has 0 aliphatic carbocycles. The number of thioether (sulfide) groups is 1. The first-order chi connectivity index (χ1) is 12.1. The zero-order chi connectivity index (χ0) is 17.6. The summed E-state index contributed by atoms with van der Waals surface area (Å²) < 4.78 is 1.94. The second-order valence-corrected chi connectivity index (χ2v) is 7.24. The van der Waals surface area contributed by atoms with E-state index < -0.39 is 0 Å². The molecule has 1 N–H and O–H groups in total. The van der Waals surface area contributed by atoms with E-state index in [2.05, 4.69) is 10.3 Å². The van der Waals surface area contributed by atoms with Gasteiger partial charge in [0.15, 0.2) is 0 Å². The van der Waals surface area contributed by atoms with Crippen molar-refractivity contribution in [3.63, 3.8) is 0 Å². The molecule has 1 amide bonds. The van der Waals surface area contributed by atoms with E-state index in [1.165, 1.54) is 0 Å². The number of carbonyl (C=O) groups excluding carboxylic acids is 1. The van der Waals surface area contributed by atoms with Gasteiger partial charge in [0.2, 0.25) is 5.91 Å². The van der Waals surface area contributed by atoms with Crippen LogP contribution in [0.25, 0.3) is 0 Å². The normalized spacial score (nSPS) is 13.2. The molecule has 1 heterocycles. The number of aryl methyl sites for hydroxylation is 1. The predicted molar refractivity (Wildman–Crippen MR) is 101 cm³/mol. The molecule has 2 aromatic carbocycles. The lowest BCUT2D eigenvalue weighted by molar-refractivity contribution is -0.120. The zero-order valence-electron chi connectivity index (χ0n) is 14.3. The summed E-state index contributed by atoms with van der Waals surface area (Å²) in [5, 5.41) is 2.95. The van der Waals surface area contributed by atoms with Crippen molar-refractivity contribution in [2.45, 2.75) is 23.1 Å². The Bertz CT molecular complexity index is 817. The summed E-state index contributed by atoms with van der Waals surface area (Å²) in [5.74, 6) is 0.808. The van der Waals surface area contributed by atoms with Gasteiger partial charge in [-0.3, -0.25) is 4.79 Å². The van der Waals surface area contributed by atoms with Crippen LogP contribution in [-0.2, 0) is 11.8 Å². The zero-order valence-corrected chi connectivity index (χ0v) is 15.1. The lowest BCUT2D eigenvalue weighted by Crippen LogP contribution is -2.36. The summed E-state index contributed by atoms with van der Waals surface area (Å²) in [6.07, 6.45) is 3.64. The van der Waals surface area contributed by atoms with Crippen LogP contribution in [0.15, 0.2) is 78.0 Å². The Balaban J connectivity index is 1.78. The van der Waals surface area contributed by atoms with Crippen LogP contribution in [0.2, 0.25) is 0 Å². The Labute approximate surface area is 152 Å². The van der Waals surface area contributed by atoms with Gasteiger partial charge in [0.05, 0.1) is 5.25 Å². The van der Waals surface area contributed by atoms with Crippen molar-refractivity contribution in [1.82, 2.24) is 14.9 Å². The highest BCUT2D eigenvalue weighted by Gasteiger charge is 2.23. The maximum atomic E-state index is 12.8. The molecule has 0 saturated heterocycles. The Kier molecular flexibility index (Phi) is 5.56. The molecule has 0 aliphatic heterocycles. The third kappa shape index (κ3) is 4.31. The molecule has 2 atom stereocenters. The standard InChI is InChI=1S/C20H21N3OS/c1-15(25-17-11-7-4-8-12-17)20(24)22-18(16-9-5-3-6-10-16)19-21-13-14-23(19)2/h3-15,18H,1-2H3,(H,22,24)/t15-,18+/m0/s1. The predicted octanol–water partition coefficient (Wildman–Crippen LogP) is 3.81. The first-order valence-corrected chi connectivity index (χ1v) is 9.07. The van der Waals surface area contributed by atoms with Gasteiger partial charge < -0.3 is 9.88 Å². The third-order valence-electron chi connectivity index (χ3n) is 3.96. The molecule has 0 spiro atoms. The quantitative estimate of drug-likeness (QED) is 0.687. The number of hydrogen-bond donors (Lipinski definition) is 1. The fraction of sp³-hybridized carbons (Fsp3) is 0.200. The van der Waals surface area contributed by atoms with Gasteiger partial charge in [-0.25, -0.2) is 4.98 Å². The summed E-state index contributed by atoms with van der Waals surface area (Å²) >= 11 is 1.55. The van der Waals surface area contributed by atoms with E-state index in [0.717, 1.165) is 16.3 Å². The molecule has 0 bridgehead atoms. The van der Waals surface area contributed by atoms with E-state index in [9.17, 15) is 4.79 Å². The van der Waals surface area contributed by atoms with Gasteiger partial charge in [-0.15, -0.1) is 11.8 Å². The van der Waals surface area contributed by atoms with Crippen LogP contribution in [0.3, 0.4) is 0 Å². The molecule has 3 rings (SSSR count). The lowest BCUT2D eigenvalue weighted by Gasteiger charge is -2.21. The number of nitrogens with one attached hydrogen (secondary N) is 1. The van der Waals surface area contributed by atoms with Gasteiger partial charge in [-0.2, -0.15) is 0 Å². The van der Waals surface area contributed by atoms with E-state index in [1.807, 2.05) is 85.4 Å². The van der Waals surface area contributed by atoms with Crippen molar-refractivity contribution in [3.05, 3.63) is 84.4 Å². The molecule has 4 nitrogen and oxygen atoms in total. The van der Waals surface area contributed by atoms with Crippen LogP contribution < -0.4 is 5.32 Å². The monoisotopic (exact) mass is 351 g/mol. The average molecular weight is 351 g/mol. The van der Waals surface area contributed by atoms with E-state index >= 15 is 0 Å². The third-order valence-corrected chi connectivity index (χ3v) is 5.07. The molecule has 0 saturated carbocycles. The summed E-state index contributed by atoms with van der Waals surface area (Å²) in [6, 6.07) is 19.6. The molecule has 128 valence electrons. The summed E-state index contributed by atoms with van der Waals surface area (Å²) in [6.45, 7) is 1.92. The fourth-order valence-corrected chi connectivity index (χ4v) is 3.51. The molecular weight excluding hydrogens is 330 g/mol. The Morgan fingerprint density at radius 3 is 2.32 bits per heavy atom. The van der Waals surface area contributed by atoms with Crippen molar-refractivity contribution in [2.24, 2.45) is 7.05 Å². The topological polar surface area (TPSA) is 46.9 Å². The van der Waals surface area contributed by atoms with Crippen molar-refractivity contribution < 1.29 is 4.79 Å². The van der Waals surface area contributed by atoms with Crippen LogP contribution in [0.5, 0.6) is 0 Å². The number of carbonyl (C=O) groups is 1. The smallest absolute Gasteiger partial charge is 0.234 e. The van der Waals surface area contributed by atoms with Crippen LogP contribution in [-0.4, -0.2) is 20.7 Å².